The zero-order valence-corrected chi connectivity index (χ0v) is 17.4. The molecule has 2 amide bonds. The minimum atomic E-state index is -4.15. The Morgan fingerprint density at radius 3 is 2.04 bits per heavy atom. The van der Waals surface area contributed by atoms with Gasteiger partial charge in [-0.25, -0.2) is 14.5 Å². The van der Waals surface area contributed by atoms with Crippen LogP contribution in [-0.4, -0.2) is 24.4 Å². The molecule has 0 aliphatic carbocycles. The van der Waals surface area contributed by atoms with Gasteiger partial charge in [0, 0.05) is 23.1 Å². The molecular weight excluding hydrogens is 388 g/mol. The fraction of sp³-hybridized carbons (Fsp3) is 0.389. The maximum absolute atomic E-state index is 12.5. The molecule has 146 valence electrons. The summed E-state index contributed by atoms with van der Waals surface area (Å²) in [5.41, 5.74) is 2.42. The second kappa shape index (κ2) is 8.22. The molecule has 0 saturated carbocycles. The molecule has 2 rings (SSSR count). The second-order valence-corrected chi connectivity index (χ2v) is 8.81. The number of hydrogen-bond acceptors (Lipinski definition) is 5. The molecule has 0 bridgehead atoms. The van der Waals surface area contributed by atoms with Crippen molar-refractivity contribution < 1.29 is 13.2 Å². The number of aryl methyl sites for hydroxylation is 1. The van der Waals surface area contributed by atoms with Crippen molar-refractivity contribution in [2.24, 2.45) is 0 Å². The van der Waals surface area contributed by atoms with E-state index in [1.807, 2.05) is 32.4 Å². The SMILES string of the molecule is Cc1nccnc1S(=O)(=O)NC(=O)Nc1c(C(C)C)cc(Cl)cc1C(C)C. The highest BCUT2D eigenvalue weighted by atomic mass is 35.5. The summed E-state index contributed by atoms with van der Waals surface area (Å²) in [5.74, 6) is 0.158. The summed E-state index contributed by atoms with van der Waals surface area (Å²) in [6.45, 7) is 9.39. The summed E-state index contributed by atoms with van der Waals surface area (Å²) in [4.78, 5) is 20.2. The molecule has 0 radical (unpaired) electrons. The van der Waals surface area contributed by atoms with Crippen LogP contribution in [0.5, 0.6) is 0 Å². The predicted molar refractivity (Wildman–Crippen MR) is 106 cm³/mol. The van der Waals surface area contributed by atoms with Crippen LogP contribution in [-0.2, 0) is 10.0 Å². The number of halogens is 1. The Balaban J connectivity index is 2.37. The topological polar surface area (TPSA) is 101 Å². The van der Waals surface area contributed by atoms with Gasteiger partial charge >= 0.3 is 6.03 Å². The number of urea groups is 1. The number of carbonyl (C=O) groups excluding carboxylic acids is 1. The summed E-state index contributed by atoms with van der Waals surface area (Å²) in [7, 11) is -4.15. The summed E-state index contributed by atoms with van der Waals surface area (Å²) >= 11 is 6.21. The number of rotatable bonds is 5. The first kappa shape index (κ1) is 21.1. The first-order valence-corrected chi connectivity index (χ1v) is 10.3. The Labute approximate surface area is 164 Å². The molecule has 7 nitrogen and oxygen atoms in total. The van der Waals surface area contributed by atoms with Crippen LogP contribution in [0.2, 0.25) is 5.02 Å². The van der Waals surface area contributed by atoms with Gasteiger partial charge in [0.05, 0.1) is 5.69 Å². The molecule has 1 heterocycles. The number of sulfonamides is 1. The van der Waals surface area contributed by atoms with E-state index in [1.54, 1.807) is 12.1 Å². The van der Waals surface area contributed by atoms with Crippen molar-refractivity contribution in [1.29, 1.82) is 0 Å². The fourth-order valence-corrected chi connectivity index (χ4v) is 3.94. The van der Waals surface area contributed by atoms with E-state index in [0.717, 1.165) is 11.1 Å². The lowest BCUT2D eigenvalue weighted by Gasteiger charge is -2.21. The smallest absolute Gasteiger partial charge is 0.307 e. The number of anilines is 1. The summed E-state index contributed by atoms with van der Waals surface area (Å²) in [5, 5.41) is 2.96. The Hall–Kier alpha value is -2.19. The third-order valence-electron chi connectivity index (χ3n) is 3.96. The van der Waals surface area contributed by atoms with Crippen LogP contribution < -0.4 is 10.0 Å². The average Bonchev–Trinajstić information content (AvgIpc) is 2.55. The third-order valence-corrected chi connectivity index (χ3v) is 5.55. The van der Waals surface area contributed by atoms with Crippen LogP contribution in [0.4, 0.5) is 10.5 Å². The van der Waals surface area contributed by atoms with Crippen LogP contribution >= 0.6 is 11.6 Å². The van der Waals surface area contributed by atoms with Crippen LogP contribution in [0.25, 0.3) is 0 Å². The maximum Gasteiger partial charge on any atom is 0.333 e. The van der Waals surface area contributed by atoms with E-state index in [0.29, 0.717) is 10.7 Å². The molecule has 0 unspecified atom stereocenters. The predicted octanol–water partition coefficient (Wildman–Crippen LogP) is 4.20. The van der Waals surface area contributed by atoms with Crippen molar-refractivity contribution in [3.63, 3.8) is 0 Å². The monoisotopic (exact) mass is 410 g/mol. The molecule has 27 heavy (non-hydrogen) atoms. The first-order valence-electron chi connectivity index (χ1n) is 8.47. The molecule has 0 fully saturated rings. The minimum absolute atomic E-state index is 0.0790. The van der Waals surface area contributed by atoms with E-state index < -0.39 is 16.1 Å². The van der Waals surface area contributed by atoms with Gasteiger partial charge in [0.2, 0.25) is 0 Å². The van der Waals surface area contributed by atoms with Crippen molar-refractivity contribution >= 4 is 33.3 Å². The fourth-order valence-electron chi connectivity index (χ4n) is 2.67. The molecule has 2 N–H and O–H groups in total. The van der Waals surface area contributed by atoms with Crippen LogP contribution in [0.3, 0.4) is 0 Å². The zero-order valence-electron chi connectivity index (χ0n) is 15.9. The highest BCUT2D eigenvalue weighted by Gasteiger charge is 2.24. The van der Waals surface area contributed by atoms with E-state index in [4.69, 9.17) is 11.6 Å². The lowest BCUT2D eigenvalue weighted by atomic mass is 9.92. The maximum atomic E-state index is 12.5. The molecule has 0 spiro atoms. The normalized spacial score (nSPS) is 11.7. The first-order chi connectivity index (χ1) is 12.5. The number of aromatic nitrogens is 2. The minimum Gasteiger partial charge on any atom is -0.307 e. The number of amides is 2. The van der Waals surface area contributed by atoms with Gasteiger partial charge in [0.25, 0.3) is 10.0 Å². The molecular formula is C18H23ClN4O3S. The van der Waals surface area contributed by atoms with Gasteiger partial charge in [-0.15, -0.1) is 0 Å². The van der Waals surface area contributed by atoms with E-state index in [1.165, 1.54) is 19.3 Å². The molecule has 0 atom stereocenters. The van der Waals surface area contributed by atoms with Crippen LogP contribution in [0.1, 0.15) is 56.4 Å². The van der Waals surface area contributed by atoms with Gasteiger partial charge in [-0.1, -0.05) is 39.3 Å². The van der Waals surface area contributed by atoms with Crippen molar-refractivity contribution in [2.45, 2.75) is 51.5 Å². The van der Waals surface area contributed by atoms with Crippen molar-refractivity contribution in [3.05, 3.63) is 46.4 Å². The molecule has 0 aliphatic heterocycles. The number of hydrogen-bond donors (Lipinski definition) is 2. The Morgan fingerprint density at radius 2 is 1.56 bits per heavy atom. The van der Waals surface area contributed by atoms with Gasteiger partial charge in [0.15, 0.2) is 5.03 Å². The molecule has 0 aliphatic rings. The number of nitrogens with zero attached hydrogens (tertiary/aromatic N) is 2. The number of carbonyl (C=O) groups is 1. The molecule has 0 saturated heterocycles. The Bertz CT molecular complexity index is 930. The van der Waals surface area contributed by atoms with Gasteiger partial charge in [-0.3, -0.25) is 4.98 Å². The van der Waals surface area contributed by atoms with Gasteiger partial charge in [0.1, 0.15) is 0 Å². The van der Waals surface area contributed by atoms with E-state index >= 15 is 0 Å². The Morgan fingerprint density at radius 1 is 1.04 bits per heavy atom. The number of nitrogens with one attached hydrogen (secondary N) is 2. The van der Waals surface area contributed by atoms with Crippen molar-refractivity contribution in [2.75, 3.05) is 5.32 Å². The van der Waals surface area contributed by atoms with E-state index in [-0.39, 0.29) is 22.6 Å². The highest BCUT2D eigenvalue weighted by molar-refractivity contribution is 7.90. The molecule has 9 heteroatoms. The Kier molecular flexibility index (Phi) is 6.43. The molecule has 1 aromatic carbocycles. The second-order valence-electron chi connectivity index (χ2n) is 6.78. The molecule has 1 aromatic heterocycles. The summed E-state index contributed by atoms with van der Waals surface area (Å²) in [6, 6.07) is 2.68. The van der Waals surface area contributed by atoms with E-state index in [2.05, 4.69) is 15.3 Å². The van der Waals surface area contributed by atoms with Crippen LogP contribution in [0.15, 0.2) is 29.6 Å². The standard InChI is InChI=1S/C18H23ClN4O3S/c1-10(2)14-8-13(19)9-15(11(3)4)16(14)22-18(24)23-27(25,26)17-12(5)20-6-7-21-17/h6-11H,1-5H3,(H2,22,23,24). The average molecular weight is 411 g/mol. The largest absolute Gasteiger partial charge is 0.333 e. The van der Waals surface area contributed by atoms with E-state index in [9.17, 15) is 13.2 Å². The van der Waals surface area contributed by atoms with Crippen LogP contribution in [0, 0.1) is 6.92 Å². The van der Waals surface area contributed by atoms with Crippen molar-refractivity contribution in [3.8, 4) is 0 Å². The lowest BCUT2D eigenvalue weighted by molar-refractivity contribution is 0.256. The lowest BCUT2D eigenvalue weighted by Crippen LogP contribution is -2.36. The van der Waals surface area contributed by atoms with Gasteiger partial charge < -0.3 is 5.32 Å². The quantitative estimate of drug-likeness (QED) is 0.769. The zero-order chi connectivity index (χ0) is 20.4. The number of benzene rings is 1. The molecule has 2 aromatic rings. The summed E-state index contributed by atoms with van der Waals surface area (Å²) in [6.07, 6.45) is 2.64. The summed E-state index contributed by atoms with van der Waals surface area (Å²) < 4.78 is 26.9. The van der Waals surface area contributed by atoms with Gasteiger partial charge in [-0.2, -0.15) is 8.42 Å². The highest BCUT2D eigenvalue weighted by Crippen LogP contribution is 2.35. The van der Waals surface area contributed by atoms with Crippen molar-refractivity contribution in [1.82, 2.24) is 14.7 Å². The van der Waals surface area contributed by atoms with Gasteiger partial charge in [-0.05, 0) is 42.0 Å². The third kappa shape index (κ3) is 4.95.